The van der Waals surface area contributed by atoms with Crippen molar-refractivity contribution in [1.82, 2.24) is 0 Å². The average Bonchev–Trinajstić information content (AvgIpc) is 2.89. The highest BCUT2D eigenvalue weighted by Crippen LogP contribution is 2.40. The van der Waals surface area contributed by atoms with Gasteiger partial charge in [-0.15, -0.1) is 0 Å². The molecule has 0 atom stereocenters. The molecule has 0 radical (unpaired) electrons. The largest absolute Gasteiger partial charge is 0.392 e. The smallest absolute Gasteiger partial charge is 0.0682 e. The van der Waals surface area contributed by atoms with Gasteiger partial charge in [-0.25, -0.2) is 0 Å². The van der Waals surface area contributed by atoms with Gasteiger partial charge in [0.05, 0.1) is 12.3 Å². The van der Waals surface area contributed by atoms with Crippen molar-refractivity contribution in [2.24, 2.45) is 0 Å². The van der Waals surface area contributed by atoms with E-state index < -0.39 is 0 Å². The summed E-state index contributed by atoms with van der Waals surface area (Å²) in [5.74, 6) is 0. The van der Waals surface area contributed by atoms with Gasteiger partial charge in [0.25, 0.3) is 0 Å². The number of nitrogens with zero attached hydrogens (tertiary/aromatic N) is 1. The predicted molar refractivity (Wildman–Crippen MR) is 140 cm³/mol. The van der Waals surface area contributed by atoms with E-state index in [1.807, 2.05) is 12.1 Å². The molecule has 0 aliphatic heterocycles. The molecule has 0 unspecified atom stereocenters. The topological polar surface area (TPSA) is 23.5 Å². The molecular weight excluding hydrogens is 402 g/mol. The van der Waals surface area contributed by atoms with E-state index in [2.05, 4.69) is 114 Å². The lowest BCUT2D eigenvalue weighted by Gasteiger charge is -2.27. The summed E-state index contributed by atoms with van der Waals surface area (Å²) in [4.78, 5) is 2.29. The molecule has 158 valence electrons. The van der Waals surface area contributed by atoms with Crippen molar-refractivity contribution in [3.05, 3.63) is 127 Å². The van der Waals surface area contributed by atoms with Crippen LogP contribution in [0.25, 0.3) is 32.3 Å². The van der Waals surface area contributed by atoms with Crippen molar-refractivity contribution in [3.63, 3.8) is 0 Å². The van der Waals surface area contributed by atoms with Crippen molar-refractivity contribution < 1.29 is 5.11 Å². The van der Waals surface area contributed by atoms with E-state index in [1.165, 1.54) is 32.3 Å². The summed E-state index contributed by atoms with van der Waals surface area (Å²) in [6.45, 7) is 0.0148. The minimum Gasteiger partial charge on any atom is -0.392 e. The maximum atomic E-state index is 9.78. The fourth-order valence-electron chi connectivity index (χ4n) is 4.76. The van der Waals surface area contributed by atoms with Crippen LogP contribution in [0, 0.1) is 0 Å². The highest BCUT2D eigenvalue weighted by Gasteiger charge is 2.16. The summed E-state index contributed by atoms with van der Waals surface area (Å²) in [5, 5.41) is 17.1. The first-order valence-electron chi connectivity index (χ1n) is 11.2. The molecule has 0 aromatic heterocycles. The van der Waals surface area contributed by atoms with Crippen LogP contribution in [0.2, 0.25) is 0 Å². The molecule has 0 amide bonds. The number of aliphatic hydroxyl groups is 1. The Balaban J connectivity index is 1.62. The van der Waals surface area contributed by atoms with Gasteiger partial charge in [-0.05, 0) is 62.8 Å². The average molecular weight is 426 g/mol. The van der Waals surface area contributed by atoms with Gasteiger partial charge in [0.15, 0.2) is 0 Å². The lowest BCUT2D eigenvalue weighted by Crippen LogP contribution is -2.11. The quantitative estimate of drug-likeness (QED) is 0.288. The summed E-state index contributed by atoms with van der Waals surface area (Å²) in [5.41, 5.74) is 4.12. The molecule has 0 saturated carbocycles. The van der Waals surface area contributed by atoms with Crippen LogP contribution in [0.3, 0.4) is 0 Å². The summed E-state index contributed by atoms with van der Waals surface area (Å²) < 4.78 is 0. The van der Waals surface area contributed by atoms with Crippen LogP contribution in [-0.2, 0) is 6.61 Å². The maximum Gasteiger partial charge on any atom is 0.0682 e. The van der Waals surface area contributed by atoms with Crippen LogP contribution in [0.1, 0.15) is 5.56 Å². The monoisotopic (exact) mass is 425 g/mol. The Kier molecular flexibility index (Phi) is 4.79. The van der Waals surface area contributed by atoms with Gasteiger partial charge in [-0.3, -0.25) is 0 Å². The molecule has 2 nitrogen and oxygen atoms in total. The zero-order valence-electron chi connectivity index (χ0n) is 18.1. The number of hydrogen-bond acceptors (Lipinski definition) is 2. The number of anilines is 3. The first-order chi connectivity index (χ1) is 16.3. The molecule has 6 aromatic rings. The van der Waals surface area contributed by atoms with Crippen LogP contribution in [0.5, 0.6) is 0 Å². The van der Waals surface area contributed by atoms with E-state index in [4.69, 9.17) is 0 Å². The van der Waals surface area contributed by atoms with Gasteiger partial charge in [0, 0.05) is 16.8 Å². The summed E-state index contributed by atoms with van der Waals surface area (Å²) in [6, 6.07) is 42.6. The molecule has 1 N–H and O–H groups in total. The SMILES string of the molecule is OCc1cccc(N(c2ccc3c(ccc4ccccc43)c2)c2cccc3ccccc23)c1. The van der Waals surface area contributed by atoms with Gasteiger partial charge in [-0.1, -0.05) is 91.0 Å². The van der Waals surface area contributed by atoms with Gasteiger partial charge in [-0.2, -0.15) is 0 Å². The standard InChI is InChI=1S/C31H23NO/c33-21-22-7-5-11-26(19-22)32(31-14-6-10-23-8-2-4-13-30(23)31)27-17-18-29-25(20-27)16-15-24-9-1-3-12-28(24)29/h1-20,33H,21H2. The molecule has 6 aromatic carbocycles. The highest BCUT2D eigenvalue weighted by atomic mass is 16.3. The summed E-state index contributed by atoms with van der Waals surface area (Å²) in [7, 11) is 0. The molecule has 2 heteroatoms. The van der Waals surface area contributed by atoms with Crippen molar-refractivity contribution in [2.75, 3.05) is 4.90 Å². The third-order valence-electron chi connectivity index (χ3n) is 6.35. The lowest BCUT2D eigenvalue weighted by molar-refractivity contribution is 0.282. The first-order valence-corrected chi connectivity index (χ1v) is 11.2. The Morgan fingerprint density at radius 1 is 0.485 bits per heavy atom. The first kappa shape index (κ1) is 19.5. The summed E-state index contributed by atoms with van der Waals surface area (Å²) in [6.07, 6.45) is 0. The van der Waals surface area contributed by atoms with Gasteiger partial charge in [0.2, 0.25) is 0 Å². The van der Waals surface area contributed by atoms with Gasteiger partial charge >= 0.3 is 0 Å². The number of benzene rings is 6. The van der Waals surface area contributed by atoms with Crippen LogP contribution in [0.4, 0.5) is 17.1 Å². The third-order valence-corrected chi connectivity index (χ3v) is 6.35. The fraction of sp³-hybridized carbons (Fsp3) is 0.0323. The number of rotatable bonds is 4. The second-order valence-electron chi connectivity index (χ2n) is 8.35. The molecule has 0 aliphatic rings. The minimum atomic E-state index is 0.0148. The Hall–Kier alpha value is -4.14. The minimum absolute atomic E-state index is 0.0148. The zero-order chi connectivity index (χ0) is 22.2. The molecule has 0 aliphatic carbocycles. The van der Waals surface area contributed by atoms with Crippen LogP contribution >= 0.6 is 0 Å². The van der Waals surface area contributed by atoms with Gasteiger partial charge in [0.1, 0.15) is 0 Å². The van der Waals surface area contributed by atoms with Crippen molar-refractivity contribution in [1.29, 1.82) is 0 Å². The molecule has 0 fully saturated rings. The Bertz CT molecular complexity index is 1610. The van der Waals surface area contributed by atoms with Gasteiger partial charge < -0.3 is 10.0 Å². The second-order valence-corrected chi connectivity index (χ2v) is 8.35. The summed E-state index contributed by atoms with van der Waals surface area (Å²) >= 11 is 0. The highest BCUT2D eigenvalue weighted by molar-refractivity contribution is 6.09. The fourth-order valence-corrected chi connectivity index (χ4v) is 4.76. The number of aliphatic hydroxyl groups excluding tert-OH is 1. The lowest BCUT2D eigenvalue weighted by atomic mass is 10.0. The molecule has 6 rings (SSSR count). The molecular formula is C31H23NO. The van der Waals surface area contributed by atoms with E-state index in [0.717, 1.165) is 22.6 Å². The predicted octanol–water partition coefficient (Wildman–Crippen LogP) is 8.11. The zero-order valence-corrected chi connectivity index (χ0v) is 18.1. The van der Waals surface area contributed by atoms with E-state index in [-0.39, 0.29) is 6.61 Å². The third kappa shape index (κ3) is 3.42. The van der Waals surface area contributed by atoms with Crippen molar-refractivity contribution >= 4 is 49.4 Å². The maximum absolute atomic E-state index is 9.78. The van der Waals surface area contributed by atoms with E-state index >= 15 is 0 Å². The van der Waals surface area contributed by atoms with Crippen LogP contribution in [0.15, 0.2) is 121 Å². The van der Waals surface area contributed by atoms with Crippen LogP contribution in [-0.4, -0.2) is 5.11 Å². The van der Waals surface area contributed by atoms with Crippen LogP contribution < -0.4 is 4.90 Å². The second kappa shape index (κ2) is 8.09. The Labute approximate surface area is 193 Å². The van der Waals surface area contributed by atoms with E-state index in [1.54, 1.807) is 0 Å². The van der Waals surface area contributed by atoms with Crippen molar-refractivity contribution in [2.45, 2.75) is 6.61 Å². The molecule has 0 bridgehead atoms. The molecule has 33 heavy (non-hydrogen) atoms. The molecule has 0 heterocycles. The Morgan fingerprint density at radius 3 is 1.97 bits per heavy atom. The number of fused-ring (bicyclic) bond motifs is 4. The van der Waals surface area contributed by atoms with E-state index in [0.29, 0.717) is 0 Å². The number of hydrogen-bond donors (Lipinski definition) is 1. The molecule has 0 saturated heterocycles. The Morgan fingerprint density at radius 2 is 1.12 bits per heavy atom. The molecule has 0 spiro atoms. The van der Waals surface area contributed by atoms with Crippen molar-refractivity contribution in [3.8, 4) is 0 Å². The van der Waals surface area contributed by atoms with E-state index in [9.17, 15) is 5.11 Å². The normalized spacial score (nSPS) is 11.3.